The number of nitrogens with zero attached hydrogens (tertiary/aromatic N) is 2. The molecule has 112 valence electrons. The SMILES string of the molecule is C[C@@H](O)c1ccc(N2CC(O)CC2CN(C)C)c(F)c1. The van der Waals surface area contributed by atoms with Gasteiger partial charge in [-0.15, -0.1) is 0 Å². The lowest BCUT2D eigenvalue weighted by molar-refractivity contribution is 0.191. The number of β-amino-alcohol motifs (C(OH)–C–C–N with tert-alkyl or cyclic N) is 1. The summed E-state index contributed by atoms with van der Waals surface area (Å²) in [5.74, 6) is -0.346. The van der Waals surface area contributed by atoms with Gasteiger partial charge in [-0.05, 0) is 45.1 Å². The van der Waals surface area contributed by atoms with E-state index in [0.717, 1.165) is 6.54 Å². The lowest BCUT2D eigenvalue weighted by Gasteiger charge is -2.29. The zero-order valence-electron chi connectivity index (χ0n) is 12.3. The fourth-order valence-corrected chi connectivity index (χ4v) is 2.80. The number of aliphatic hydroxyl groups is 2. The average molecular weight is 282 g/mol. The fraction of sp³-hybridized carbons (Fsp3) is 0.600. The highest BCUT2D eigenvalue weighted by atomic mass is 19.1. The summed E-state index contributed by atoms with van der Waals surface area (Å²) in [5.41, 5.74) is 1.06. The molecule has 2 N–H and O–H groups in total. The molecule has 3 atom stereocenters. The molecule has 2 unspecified atom stereocenters. The van der Waals surface area contributed by atoms with Crippen LogP contribution in [0.2, 0.25) is 0 Å². The zero-order chi connectivity index (χ0) is 14.9. The number of hydrogen-bond donors (Lipinski definition) is 2. The molecule has 0 saturated carbocycles. The van der Waals surface area contributed by atoms with Gasteiger partial charge in [-0.1, -0.05) is 6.07 Å². The summed E-state index contributed by atoms with van der Waals surface area (Å²) in [6.45, 7) is 2.83. The number of likely N-dealkylation sites (N-methyl/N-ethyl adjacent to an activating group) is 1. The molecule has 1 aromatic carbocycles. The maximum atomic E-state index is 14.3. The van der Waals surface area contributed by atoms with Crippen LogP contribution in [0.4, 0.5) is 10.1 Å². The van der Waals surface area contributed by atoms with E-state index in [1.54, 1.807) is 19.1 Å². The van der Waals surface area contributed by atoms with Crippen molar-refractivity contribution in [3.63, 3.8) is 0 Å². The van der Waals surface area contributed by atoms with Crippen LogP contribution in [0, 0.1) is 5.82 Å². The smallest absolute Gasteiger partial charge is 0.146 e. The first-order chi connectivity index (χ1) is 9.38. The highest BCUT2D eigenvalue weighted by molar-refractivity contribution is 5.51. The largest absolute Gasteiger partial charge is 0.391 e. The summed E-state index contributed by atoms with van der Waals surface area (Å²) >= 11 is 0. The summed E-state index contributed by atoms with van der Waals surface area (Å²) < 4.78 is 14.3. The molecule has 0 radical (unpaired) electrons. The van der Waals surface area contributed by atoms with Gasteiger partial charge in [-0.2, -0.15) is 0 Å². The lowest BCUT2D eigenvalue weighted by atomic mass is 10.1. The molecular formula is C15H23FN2O2. The average Bonchev–Trinajstić information content (AvgIpc) is 2.68. The lowest BCUT2D eigenvalue weighted by Crippen LogP contribution is -2.38. The Hall–Kier alpha value is -1.17. The summed E-state index contributed by atoms with van der Waals surface area (Å²) in [5, 5.41) is 19.3. The van der Waals surface area contributed by atoms with Gasteiger partial charge in [-0.25, -0.2) is 4.39 Å². The van der Waals surface area contributed by atoms with Crippen molar-refractivity contribution >= 4 is 5.69 Å². The monoisotopic (exact) mass is 282 g/mol. The van der Waals surface area contributed by atoms with E-state index in [9.17, 15) is 14.6 Å². The topological polar surface area (TPSA) is 46.9 Å². The van der Waals surface area contributed by atoms with Gasteiger partial charge in [0, 0.05) is 19.1 Å². The maximum absolute atomic E-state index is 14.3. The minimum atomic E-state index is -0.680. The van der Waals surface area contributed by atoms with Gasteiger partial charge in [0.25, 0.3) is 0 Å². The van der Waals surface area contributed by atoms with Crippen LogP contribution in [-0.4, -0.2) is 54.4 Å². The van der Waals surface area contributed by atoms with Crippen LogP contribution in [0.5, 0.6) is 0 Å². The van der Waals surface area contributed by atoms with Crippen molar-refractivity contribution in [3.05, 3.63) is 29.6 Å². The van der Waals surface area contributed by atoms with Gasteiger partial charge in [0.05, 0.1) is 17.9 Å². The van der Waals surface area contributed by atoms with Crippen molar-refractivity contribution < 1.29 is 14.6 Å². The van der Waals surface area contributed by atoms with Gasteiger partial charge >= 0.3 is 0 Å². The van der Waals surface area contributed by atoms with E-state index in [4.69, 9.17) is 0 Å². The first-order valence-corrected chi connectivity index (χ1v) is 6.95. The first-order valence-electron chi connectivity index (χ1n) is 6.95. The summed E-state index contributed by atoms with van der Waals surface area (Å²) in [6, 6.07) is 4.91. The standard InChI is InChI=1S/C15H23FN2O2/c1-10(19)11-4-5-15(14(16)6-11)18-9-13(20)7-12(18)8-17(2)3/h4-6,10,12-13,19-20H,7-9H2,1-3H3/t10-,12?,13?/m1/s1. The van der Waals surface area contributed by atoms with Gasteiger partial charge in [0.15, 0.2) is 0 Å². The van der Waals surface area contributed by atoms with Crippen molar-refractivity contribution in [1.82, 2.24) is 4.90 Å². The van der Waals surface area contributed by atoms with Crippen molar-refractivity contribution in [2.24, 2.45) is 0 Å². The maximum Gasteiger partial charge on any atom is 0.146 e. The molecule has 1 aliphatic rings. The Morgan fingerprint density at radius 2 is 2.15 bits per heavy atom. The molecule has 5 heteroatoms. The highest BCUT2D eigenvalue weighted by Gasteiger charge is 2.32. The Labute approximate surface area is 119 Å². The van der Waals surface area contributed by atoms with E-state index >= 15 is 0 Å². The Morgan fingerprint density at radius 3 is 2.70 bits per heavy atom. The van der Waals surface area contributed by atoms with Crippen LogP contribution < -0.4 is 4.90 Å². The Morgan fingerprint density at radius 1 is 1.45 bits per heavy atom. The minimum Gasteiger partial charge on any atom is -0.391 e. The molecule has 0 spiro atoms. The van der Waals surface area contributed by atoms with Crippen LogP contribution in [0.25, 0.3) is 0 Å². The molecular weight excluding hydrogens is 259 g/mol. The second kappa shape index (κ2) is 6.08. The Kier molecular flexibility index (Phi) is 4.62. The third-order valence-corrected chi connectivity index (χ3v) is 3.73. The summed E-state index contributed by atoms with van der Waals surface area (Å²) in [4.78, 5) is 3.96. The molecule has 2 rings (SSSR count). The van der Waals surface area contributed by atoms with Crippen molar-refractivity contribution in [2.75, 3.05) is 32.1 Å². The van der Waals surface area contributed by atoms with E-state index in [-0.39, 0.29) is 11.9 Å². The van der Waals surface area contributed by atoms with E-state index in [2.05, 4.69) is 0 Å². The molecule has 0 aliphatic carbocycles. The van der Waals surface area contributed by atoms with Crippen LogP contribution in [-0.2, 0) is 0 Å². The molecule has 1 aliphatic heterocycles. The predicted molar refractivity (Wildman–Crippen MR) is 77.3 cm³/mol. The van der Waals surface area contributed by atoms with E-state index in [0.29, 0.717) is 24.2 Å². The zero-order valence-corrected chi connectivity index (χ0v) is 12.3. The third-order valence-electron chi connectivity index (χ3n) is 3.73. The van der Waals surface area contributed by atoms with Crippen LogP contribution in [0.1, 0.15) is 25.0 Å². The second-order valence-electron chi connectivity index (χ2n) is 5.84. The molecule has 0 aromatic heterocycles. The van der Waals surface area contributed by atoms with E-state index in [1.807, 2.05) is 23.9 Å². The van der Waals surface area contributed by atoms with Gasteiger partial charge in [-0.3, -0.25) is 0 Å². The number of anilines is 1. The fourth-order valence-electron chi connectivity index (χ4n) is 2.80. The molecule has 20 heavy (non-hydrogen) atoms. The summed E-state index contributed by atoms with van der Waals surface area (Å²) in [6.07, 6.45) is -0.452. The normalized spacial score (nSPS) is 24.4. The number of rotatable bonds is 4. The van der Waals surface area contributed by atoms with E-state index in [1.165, 1.54) is 6.07 Å². The Balaban J connectivity index is 2.25. The number of aliphatic hydroxyl groups excluding tert-OH is 2. The van der Waals surface area contributed by atoms with E-state index < -0.39 is 12.2 Å². The van der Waals surface area contributed by atoms with Crippen LogP contribution >= 0.6 is 0 Å². The first kappa shape index (κ1) is 15.2. The number of halogens is 1. The number of hydrogen-bond acceptors (Lipinski definition) is 4. The van der Waals surface area contributed by atoms with Gasteiger partial charge in [0.1, 0.15) is 5.82 Å². The molecule has 1 saturated heterocycles. The highest BCUT2D eigenvalue weighted by Crippen LogP contribution is 2.30. The van der Waals surface area contributed by atoms with Crippen molar-refractivity contribution in [2.45, 2.75) is 31.6 Å². The van der Waals surface area contributed by atoms with Crippen LogP contribution in [0.15, 0.2) is 18.2 Å². The molecule has 1 heterocycles. The summed E-state index contributed by atoms with van der Waals surface area (Å²) in [7, 11) is 3.94. The molecule has 0 bridgehead atoms. The van der Waals surface area contributed by atoms with Gasteiger partial charge in [0.2, 0.25) is 0 Å². The molecule has 1 fully saturated rings. The minimum absolute atomic E-state index is 0.104. The quantitative estimate of drug-likeness (QED) is 0.876. The van der Waals surface area contributed by atoms with Crippen LogP contribution in [0.3, 0.4) is 0 Å². The third kappa shape index (κ3) is 3.29. The number of benzene rings is 1. The van der Waals surface area contributed by atoms with Gasteiger partial charge < -0.3 is 20.0 Å². The second-order valence-corrected chi connectivity index (χ2v) is 5.84. The van der Waals surface area contributed by atoms with Crippen molar-refractivity contribution in [3.8, 4) is 0 Å². The van der Waals surface area contributed by atoms with Crippen molar-refractivity contribution in [1.29, 1.82) is 0 Å². The Bertz CT molecular complexity index is 465. The molecule has 1 aromatic rings. The molecule has 4 nitrogen and oxygen atoms in total. The predicted octanol–water partition coefficient (Wildman–Crippen LogP) is 1.38. The molecule has 0 amide bonds.